The highest BCUT2D eigenvalue weighted by atomic mass is 16.3. The van der Waals surface area contributed by atoms with Gasteiger partial charge in [0.2, 0.25) is 0 Å². The Morgan fingerprint density at radius 2 is 2.04 bits per heavy atom. The third-order valence-electron chi connectivity index (χ3n) is 4.89. The maximum Gasteiger partial charge on any atom is 0.117 e. The van der Waals surface area contributed by atoms with E-state index < -0.39 is 0 Å². The number of likely N-dealkylation sites (tertiary alicyclic amines) is 1. The third-order valence-corrected chi connectivity index (χ3v) is 4.89. The Hall–Kier alpha value is -1.65. The number of pyridine rings is 1. The van der Waals surface area contributed by atoms with E-state index in [1.807, 2.05) is 24.5 Å². The van der Waals surface area contributed by atoms with Crippen LogP contribution in [-0.2, 0) is 6.54 Å². The summed E-state index contributed by atoms with van der Waals surface area (Å²) in [5.74, 6) is 1.06. The molecular weight excluding hydrogens is 310 g/mol. The SMILES string of the molecule is CC(C)(C)CC(NC1CCN(Cc2ccco2)CC1)c1cccnc1. The molecule has 1 atom stereocenters. The molecule has 25 heavy (non-hydrogen) atoms. The van der Waals surface area contributed by atoms with Crippen LogP contribution >= 0.6 is 0 Å². The van der Waals surface area contributed by atoms with Crippen molar-refractivity contribution < 1.29 is 4.42 Å². The molecule has 0 bridgehead atoms. The van der Waals surface area contributed by atoms with Crippen molar-refractivity contribution in [3.05, 3.63) is 54.2 Å². The van der Waals surface area contributed by atoms with Crippen LogP contribution in [0.3, 0.4) is 0 Å². The molecule has 1 aliphatic rings. The molecule has 1 saturated heterocycles. The van der Waals surface area contributed by atoms with Crippen molar-refractivity contribution in [3.63, 3.8) is 0 Å². The molecule has 1 aliphatic heterocycles. The minimum atomic E-state index is 0.285. The number of nitrogens with one attached hydrogen (secondary N) is 1. The Morgan fingerprint density at radius 3 is 2.64 bits per heavy atom. The van der Waals surface area contributed by atoms with E-state index in [1.165, 1.54) is 18.4 Å². The third kappa shape index (κ3) is 5.68. The Balaban J connectivity index is 1.56. The predicted molar refractivity (Wildman–Crippen MR) is 101 cm³/mol. The zero-order valence-corrected chi connectivity index (χ0v) is 15.7. The minimum absolute atomic E-state index is 0.285. The summed E-state index contributed by atoms with van der Waals surface area (Å²) in [6.07, 6.45) is 9.10. The molecule has 136 valence electrons. The topological polar surface area (TPSA) is 41.3 Å². The number of piperidine rings is 1. The van der Waals surface area contributed by atoms with Crippen molar-refractivity contribution >= 4 is 0 Å². The van der Waals surface area contributed by atoms with Gasteiger partial charge in [-0.25, -0.2) is 0 Å². The zero-order chi connectivity index (χ0) is 17.7. The highest BCUT2D eigenvalue weighted by Gasteiger charge is 2.26. The monoisotopic (exact) mass is 341 g/mol. The molecule has 0 amide bonds. The van der Waals surface area contributed by atoms with Crippen LogP contribution in [0.15, 0.2) is 47.3 Å². The van der Waals surface area contributed by atoms with Crippen molar-refractivity contribution in [2.24, 2.45) is 5.41 Å². The molecule has 1 unspecified atom stereocenters. The largest absolute Gasteiger partial charge is 0.468 e. The van der Waals surface area contributed by atoms with Crippen LogP contribution in [-0.4, -0.2) is 29.0 Å². The summed E-state index contributed by atoms with van der Waals surface area (Å²) in [5, 5.41) is 3.92. The number of aromatic nitrogens is 1. The molecule has 0 aliphatic carbocycles. The zero-order valence-electron chi connectivity index (χ0n) is 15.7. The Morgan fingerprint density at radius 1 is 1.24 bits per heavy atom. The average Bonchev–Trinajstić information content (AvgIpc) is 3.09. The van der Waals surface area contributed by atoms with Gasteiger partial charge in [-0.15, -0.1) is 0 Å². The molecule has 0 saturated carbocycles. The molecule has 0 radical (unpaired) electrons. The molecule has 4 heteroatoms. The van der Waals surface area contributed by atoms with Gasteiger partial charge in [0, 0.05) is 37.6 Å². The first-order valence-corrected chi connectivity index (χ1v) is 9.40. The van der Waals surface area contributed by atoms with Gasteiger partial charge < -0.3 is 9.73 Å². The summed E-state index contributed by atoms with van der Waals surface area (Å²) < 4.78 is 5.48. The van der Waals surface area contributed by atoms with Crippen molar-refractivity contribution in [2.45, 2.75) is 58.7 Å². The standard InChI is InChI=1S/C21H31N3O/c1-21(2,3)14-20(17-6-4-10-22-15-17)23-18-8-11-24(12-9-18)16-19-7-5-13-25-19/h4-7,10,13,15,18,20,23H,8-9,11-12,14,16H2,1-3H3. The number of hydrogen-bond donors (Lipinski definition) is 1. The Bertz CT molecular complexity index is 610. The second-order valence-corrected chi connectivity index (χ2v) is 8.40. The normalized spacial score (nSPS) is 18.4. The molecule has 1 fully saturated rings. The van der Waals surface area contributed by atoms with E-state index in [0.717, 1.165) is 31.8 Å². The van der Waals surface area contributed by atoms with E-state index in [-0.39, 0.29) is 5.41 Å². The maximum absolute atomic E-state index is 5.48. The number of rotatable bonds is 6. The summed E-state index contributed by atoms with van der Waals surface area (Å²) in [6, 6.07) is 9.21. The number of nitrogens with zero attached hydrogens (tertiary/aromatic N) is 2. The fourth-order valence-corrected chi connectivity index (χ4v) is 3.63. The first-order valence-electron chi connectivity index (χ1n) is 9.40. The molecule has 4 nitrogen and oxygen atoms in total. The summed E-state index contributed by atoms with van der Waals surface area (Å²) in [4.78, 5) is 6.81. The fraction of sp³-hybridized carbons (Fsp3) is 0.571. The van der Waals surface area contributed by atoms with Crippen LogP contribution in [0.2, 0.25) is 0 Å². The van der Waals surface area contributed by atoms with Gasteiger partial charge in [-0.1, -0.05) is 26.8 Å². The summed E-state index contributed by atoms with van der Waals surface area (Å²) in [7, 11) is 0. The van der Waals surface area contributed by atoms with Crippen molar-refractivity contribution in [1.82, 2.24) is 15.2 Å². The lowest BCUT2D eigenvalue weighted by Crippen LogP contribution is -2.44. The van der Waals surface area contributed by atoms with Crippen LogP contribution in [0.4, 0.5) is 0 Å². The van der Waals surface area contributed by atoms with Crippen molar-refractivity contribution in [3.8, 4) is 0 Å². The van der Waals surface area contributed by atoms with Gasteiger partial charge in [-0.05, 0) is 48.4 Å². The average molecular weight is 341 g/mol. The van der Waals surface area contributed by atoms with E-state index in [0.29, 0.717) is 12.1 Å². The minimum Gasteiger partial charge on any atom is -0.468 e. The van der Waals surface area contributed by atoms with Gasteiger partial charge in [-0.2, -0.15) is 0 Å². The van der Waals surface area contributed by atoms with Gasteiger partial charge in [0.1, 0.15) is 5.76 Å². The second-order valence-electron chi connectivity index (χ2n) is 8.40. The maximum atomic E-state index is 5.48. The van der Waals surface area contributed by atoms with Crippen LogP contribution < -0.4 is 5.32 Å². The van der Waals surface area contributed by atoms with Gasteiger partial charge in [0.05, 0.1) is 12.8 Å². The number of furan rings is 1. The Kier molecular flexibility index (Phi) is 5.92. The lowest BCUT2D eigenvalue weighted by atomic mass is 9.85. The van der Waals surface area contributed by atoms with Crippen molar-refractivity contribution in [1.29, 1.82) is 0 Å². The molecule has 2 aromatic rings. The van der Waals surface area contributed by atoms with Crippen LogP contribution in [0.5, 0.6) is 0 Å². The van der Waals surface area contributed by atoms with Gasteiger partial charge in [0.15, 0.2) is 0 Å². The van der Waals surface area contributed by atoms with Gasteiger partial charge in [-0.3, -0.25) is 9.88 Å². The van der Waals surface area contributed by atoms with Crippen LogP contribution in [0.1, 0.15) is 57.4 Å². The summed E-state index contributed by atoms with van der Waals surface area (Å²) in [6.45, 7) is 10.1. The molecule has 1 N–H and O–H groups in total. The molecule has 0 spiro atoms. The molecule has 3 rings (SSSR count). The highest BCUT2D eigenvalue weighted by molar-refractivity contribution is 5.14. The van der Waals surface area contributed by atoms with Crippen LogP contribution in [0, 0.1) is 5.41 Å². The van der Waals surface area contributed by atoms with E-state index in [2.05, 4.69) is 48.1 Å². The molecule has 2 aromatic heterocycles. The summed E-state index contributed by atoms with van der Waals surface area (Å²) >= 11 is 0. The van der Waals surface area contributed by atoms with E-state index >= 15 is 0 Å². The molecule has 3 heterocycles. The van der Waals surface area contributed by atoms with Crippen LogP contribution in [0.25, 0.3) is 0 Å². The summed E-state index contributed by atoms with van der Waals surface area (Å²) in [5.41, 5.74) is 1.59. The first-order chi connectivity index (χ1) is 12.0. The predicted octanol–water partition coefficient (Wildman–Crippen LogP) is 4.41. The molecular formula is C21H31N3O. The molecule has 0 aromatic carbocycles. The van der Waals surface area contributed by atoms with Gasteiger partial charge in [0.25, 0.3) is 0 Å². The lowest BCUT2D eigenvalue weighted by molar-refractivity contribution is 0.166. The highest BCUT2D eigenvalue weighted by Crippen LogP contribution is 2.30. The fourth-order valence-electron chi connectivity index (χ4n) is 3.63. The number of hydrogen-bond acceptors (Lipinski definition) is 4. The second kappa shape index (κ2) is 8.15. The van der Waals surface area contributed by atoms with E-state index in [9.17, 15) is 0 Å². The Labute approximate surface area is 151 Å². The van der Waals surface area contributed by atoms with E-state index in [1.54, 1.807) is 6.26 Å². The van der Waals surface area contributed by atoms with Crippen molar-refractivity contribution in [2.75, 3.05) is 13.1 Å². The van der Waals surface area contributed by atoms with E-state index in [4.69, 9.17) is 4.42 Å². The smallest absolute Gasteiger partial charge is 0.117 e. The lowest BCUT2D eigenvalue weighted by Gasteiger charge is -2.36. The van der Waals surface area contributed by atoms with Gasteiger partial charge >= 0.3 is 0 Å². The quantitative estimate of drug-likeness (QED) is 0.845. The first kappa shape index (κ1) is 18.2.